The van der Waals surface area contributed by atoms with Crippen LogP contribution in [0.25, 0.3) is 82.8 Å². The third-order valence-electron chi connectivity index (χ3n) is 7.82. The molecule has 0 unspecified atom stereocenters. The zero-order chi connectivity index (χ0) is 25.5. The lowest BCUT2D eigenvalue weighted by atomic mass is 10.0. The van der Waals surface area contributed by atoms with Crippen LogP contribution in [0.15, 0.2) is 130 Å². The summed E-state index contributed by atoms with van der Waals surface area (Å²) in [6.07, 6.45) is 0. The normalized spacial score (nSPS) is 12.1. The topological polar surface area (TPSA) is 44.1 Å². The highest BCUT2D eigenvalue weighted by molar-refractivity contribution is 6.21. The number of rotatable bonds is 2. The molecule has 0 radical (unpaired) electrons. The molecule has 0 atom stereocenters. The lowest BCUT2D eigenvalue weighted by Crippen LogP contribution is -1.93. The summed E-state index contributed by atoms with van der Waals surface area (Å²) in [6, 6.07) is 42.2. The third-order valence-corrected chi connectivity index (χ3v) is 7.82. The van der Waals surface area contributed by atoms with Gasteiger partial charge < -0.3 is 13.4 Å². The van der Waals surface area contributed by atoms with E-state index in [4.69, 9.17) is 8.83 Å². The van der Waals surface area contributed by atoms with Crippen LogP contribution in [-0.4, -0.2) is 9.55 Å². The van der Waals surface area contributed by atoms with E-state index in [9.17, 15) is 0 Å². The molecular weight excluding hydrogens is 480 g/mol. The van der Waals surface area contributed by atoms with Crippen LogP contribution in [0, 0.1) is 0 Å². The highest BCUT2D eigenvalue weighted by atomic mass is 16.3. The molecular formula is C35H20N2O2. The maximum absolute atomic E-state index is 6.44. The summed E-state index contributed by atoms with van der Waals surface area (Å²) >= 11 is 0. The van der Waals surface area contributed by atoms with Crippen molar-refractivity contribution in [1.82, 2.24) is 9.55 Å². The van der Waals surface area contributed by atoms with Crippen LogP contribution in [0.2, 0.25) is 0 Å². The van der Waals surface area contributed by atoms with Gasteiger partial charge in [0.05, 0.1) is 11.0 Å². The smallest absolute Gasteiger partial charge is 0.227 e. The van der Waals surface area contributed by atoms with Crippen LogP contribution in [0.1, 0.15) is 0 Å². The Kier molecular flexibility index (Phi) is 4.02. The summed E-state index contributed by atoms with van der Waals surface area (Å²) in [5, 5.41) is 7.19. The van der Waals surface area contributed by atoms with E-state index in [1.807, 2.05) is 36.4 Å². The average molecular weight is 501 g/mol. The van der Waals surface area contributed by atoms with Crippen LogP contribution in [-0.2, 0) is 0 Å². The molecule has 0 saturated carbocycles. The second-order valence-electron chi connectivity index (χ2n) is 10.0. The molecule has 4 heteroatoms. The lowest BCUT2D eigenvalue weighted by molar-refractivity contribution is 0.619. The first kappa shape index (κ1) is 20.7. The fourth-order valence-electron chi connectivity index (χ4n) is 6.05. The third kappa shape index (κ3) is 2.91. The summed E-state index contributed by atoms with van der Waals surface area (Å²) in [5.41, 5.74) is 7.62. The molecule has 0 fully saturated rings. The van der Waals surface area contributed by atoms with Gasteiger partial charge in [-0.05, 0) is 65.4 Å². The number of fused-ring (bicyclic) bond motifs is 9. The van der Waals surface area contributed by atoms with Crippen LogP contribution in [0.4, 0.5) is 0 Å². The number of aromatic nitrogens is 2. The molecule has 3 heterocycles. The largest absolute Gasteiger partial charge is 0.456 e. The molecule has 0 amide bonds. The van der Waals surface area contributed by atoms with E-state index >= 15 is 0 Å². The van der Waals surface area contributed by atoms with Gasteiger partial charge in [-0.2, -0.15) is 0 Å². The first-order valence-electron chi connectivity index (χ1n) is 13.1. The number of benzene rings is 6. The van der Waals surface area contributed by atoms with Crippen LogP contribution in [0.3, 0.4) is 0 Å². The monoisotopic (exact) mass is 500 g/mol. The van der Waals surface area contributed by atoms with E-state index in [1.54, 1.807) is 0 Å². The zero-order valence-electron chi connectivity index (χ0n) is 20.8. The minimum Gasteiger partial charge on any atom is -0.456 e. The molecule has 9 aromatic rings. The van der Waals surface area contributed by atoms with Crippen molar-refractivity contribution in [3.8, 4) is 17.1 Å². The minimum absolute atomic E-state index is 0.594. The summed E-state index contributed by atoms with van der Waals surface area (Å²) in [5.74, 6) is 0.594. The SMILES string of the molecule is c1ccc2c(c1)ccc1c2c2ccccc2n1-c1ccc2c(c1)oc1cc(-c3nc4ccccc4o3)ccc12. The van der Waals surface area contributed by atoms with Crippen LogP contribution >= 0.6 is 0 Å². The molecule has 6 aromatic carbocycles. The molecule has 0 saturated heterocycles. The number of oxazole rings is 1. The van der Waals surface area contributed by atoms with Gasteiger partial charge in [-0.15, -0.1) is 0 Å². The first-order chi connectivity index (χ1) is 19.3. The highest BCUT2D eigenvalue weighted by Gasteiger charge is 2.17. The molecule has 0 aliphatic heterocycles. The van der Waals surface area contributed by atoms with Crippen molar-refractivity contribution < 1.29 is 8.83 Å². The zero-order valence-corrected chi connectivity index (χ0v) is 20.8. The Morgan fingerprint density at radius 2 is 1.28 bits per heavy atom. The van der Waals surface area contributed by atoms with E-state index in [2.05, 4.69) is 94.5 Å². The molecule has 9 rings (SSSR count). The van der Waals surface area contributed by atoms with Crippen LogP contribution in [0.5, 0.6) is 0 Å². The molecule has 39 heavy (non-hydrogen) atoms. The van der Waals surface area contributed by atoms with Gasteiger partial charge in [-0.3, -0.25) is 0 Å². The number of hydrogen-bond acceptors (Lipinski definition) is 3. The van der Waals surface area contributed by atoms with Crippen molar-refractivity contribution in [3.05, 3.63) is 121 Å². The Morgan fingerprint density at radius 1 is 0.513 bits per heavy atom. The van der Waals surface area contributed by atoms with E-state index < -0.39 is 0 Å². The first-order valence-corrected chi connectivity index (χ1v) is 13.1. The van der Waals surface area contributed by atoms with Crippen molar-refractivity contribution >= 4 is 65.6 Å². The molecule has 4 nitrogen and oxygen atoms in total. The number of furan rings is 1. The van der Waals surface area contributed by atoms with Gasteiger partial charge in [0.15, 0.2) is 5.58 Å². The van der Waals surface area contributed by atoms with E-state index in [1.165, 1.54) is 32.6 Å². The molecule has 0 spiro atoms. The molecule has 0 bridgehead atoms. The molecule has 182 valence electrons. The summed E-state index contributed by atoms with van der Waals surface area (Å²) < 4.78 is 14.8. The maximum Gasteiger partial charge on any atom is 0.227 e. The standard InChI is InChI=1S/C35H20N2O2/c1-2-8-24-21(7-1)14-18-30-34(24)27-9-3-5-11-29(27)37(30)23-15-17-26-25-16-13-22(19-32(25)38-33(26)20-23)35-36-28-10-4-6-12-31(28)39-35/h1-20H. The predicted octanol–water partition coefficient (Wildman–Crippen LogP) is 9.64. The Hall–Kier alpha value is -5.35. The van der Waals surface area contributed by atoms with Crippen molar-refractivity contribution in [1.29, 1.82) is 0 Å². The molecule has 0 N–H and O–H groups in total. The number of hydrogen-bond donors (Lipinski definition) is 0. The summed E-state index contributed by atoms with van der Waals surface area (Å²) in [7, 11) is 0. The van der Waals surface area contributed by atoms with Gasteiger partial charge in [0.2, 0.25) is 5.89 Å². The maximum atomic E-state index is 6.44. The van der Waals surface area contributed by atoms with Crippen molar-refractivity contribution in [2.75, 3.05) is 0 Å². The Bertz CT molecular complexity index is 2370. The van der Waals surface area contributed by atoms with Gasteiger partial charge in [0.25, 0.3) is 0 Å². The fraction of sp³-hybridized carbons (Fsp3) is 0. The number of nitrogens with zero attached hydrogens (tertiary/aromatic N) is 2. The van der Waals surface area contributed by atoms with E-state index in [-0.39, 0.29) is 0 Å². The van der Waals surface area contributed by atoms with E-state index in [0.29, 0.717) is 5.89 Å². The predicted molar refractivity (Wildman–Crippen MR) is 159 cm³/mol. The fourth-order valence-corrected chi connectivity index (χ4v) is 6.05. The molecule has 3 aromatic heterocycles. The lowest BCUT2D eigenvalue weighted by Gasteiger charge is -2.08. The van der Waals surface area contributed by atoms with Crippen molar-refractivity contribution in [2.45, 2.75) is 0 Å². The Morgan fingerprint density at radius 3 is 2.21 bits per heavy atom. The van der Waals surface area contributed by atoms with Gasteiger partial charge in [0.1, 0.15) is 16.7 Å². The van der Waals surface area contributed by atoms with Gasteiger partial charge >= 0.3 is 0 Å². The quantitative estimate of drug-likeness (QED) is 0.237. The minimum atomic E-state index is 0.594. The average Bonchev–Trinajstić information content (AvgIpc) is 3.67. The second kappa shape index (κ2) is 7.59. The Labute approximate surface area is 222 Å². The van der Waals surface area contributed by atoms with E-state index in [0.717, 1.165) is 44.3 Å². The van der Waals surface area contributed by atoms with Gasteiger partial charge in [-0.25, -0.2) is 4.98 Å². The summed E-state index contributed by atoms with van der Waals surface area (Å²) in [4.78, 5) is 4.66. The molecule has 0 aliphatic carbocycles. The highest BCUT2D eigenvalue weighted by Crippen LogP contribution is 2.39. The van der Waals surface area contributed by atoms with Crippen molar-refractivity contribution in [3.63, 3.8) is 0 Å². The second-order valence-corrected chi connectivity index (χ2v) is 10.0. The Balaban J connectivity index is 1.26. The molecule has 0 aliphatic rings. The van der Waals surface area contributed by atoms with Crippen molar-refractivity contribution in [2.24, 2.45) is 0 Å². The summed E-state index contributed by atoms with van der Waals surface area (Å²) in [6.45, 7) is 0. The van der Waals surface area contributed by atoms with Crippen LogP contribution < -0.4 is 0 Å². The van der Waals surface area contributed by atoms with Gasteiger partial charge in [0, 0.05) is 38.9 Å². The number of para-hydroxylation sites is 3. The van der Waals surface area contributed by atoms with Gasteiger partial charge in [-0.1, -0.05) is 60.7 Å².